The van der Waals surface area contributed by atoms with Crippen molar-refractivity contribution in [3.05, 3.63) is 102 Å². The molecule has 0 saturated carbocycles. The third kappa shape index (κ3) is 11.8. The molecule has 326 valence electrons. The summed E-state index contributed by atoms with van der Waals surface area (Å²) in [5.74, 6) is -3.32. The molecule has 0 fully saturated rings. The summed E-state index contributed by atoms with van der Waals surface area (Å²) in [6.45, 7) is 10.3. The van der Waals surface area contributed by atoms with Crippen LogP contribution in [0.1, 0.15) is 65.0 Å². The second-order valence-corrected chi connectivity index (χ2v) is 17.4. The van der Waals surface area contributed by atoms with Crippen LogP contribution >= 0.6 is 12.4 Å². The molecule has 0 spiro atoms. The zero-order valence-electron chi connectivity index (χ0n) is 35.2. The van der Waals surface area contributed by atoms with Crippen LogP contribution in [0.15, 0.2) is 90.0 Å². The van der Waals surface area contributed by atoms with Gasteiger partial charge in [0.05, 0.1) is 29.7 Å². The quantitative estimate of drug-likeness (QED) is 0.0710. The van der Waals surface area contributed by atoms with E-state index in [1.165, 1.54) is 48.9 Å². The van der Waals surface area contributed by atoms with Crippen molar-refractivity contribution in [3.63, 3.8) is 0 Å². The highest BCUT2D eigenvalue weighted by Gasteiger charge is 2.34. The number of carbonyl (C=O) groups is 4. The first-order valence-electron chi connectivity index (χ1n) is 19.4. The molecule has 17 heteroatoms. The summed E-state index contributed by atoms with van der Waals surface area (Å²) >= 11 is 0. The van der Waals surface area contributed by atoms with Crippen molar-refractivity contribution >= 4 is 63.2 Å². The van der Waals surface area contributed by atoms with Gasteiger partial charge >= 0.3 is 12.1 Å². The Morgan fingerprint density at radius 1 is 0.836 bits per heavy atom. The average molecular weight is 880 g/mol. The third-order valence-corrected chi connectivity index (χ3v) is 11.3. The molecule has 0 saturated heterocycles. The van der Waals surface area contributed by atoms with E-state index in [9.17, 15) is 32.0 Å². The Balaban J connectivity index is 0.00000819. The lowest BCUT2D eigenvalue weighted by molar-refractivity contribution is -0.172. The van der Waals surface area contributed by atoms with Crippen molar-refractivity contribution in [1.29, 1.82) is 0 Å². The minimum atomic E-state index is -3.67. The Hall–Kier alpha value is -5.71. The Bertz CT molecular complexity index is 2480. The number of fused-ring (bicyclic) bond motifs is 1. The van der Waals surface area contributed by atoms with E-state index >= 15 is 0 Å². The molecule has 4 atom stereocenters. The van der Waals surface area contributed by atoms with E-state index in [0.717, 1.165) is 33.4 Å². The van der Waals surface area contributed by atoms with E-state index in [0.29, 0.717) is 5.65 Å². The van der Waals surface area contributed by atoms with Crippen LogP contribution in [-0.2, 0) is 40.1 Å². The maximum absolute atomic E-state index is 14.1. The summed E-state index contributed by atoms with van der Waals surface area (Å²) in [4.78, 5) is 58.7. The Morgan fingerprint density at radius 3 is 2.07 bits per heavy atom. The number of halogens is 2. The number of ether oxygens (including phenoxy) is 3. The highest BCUT2D eigenvalue weighted by atomic mass is 35.5. The number of benzene rings is 3. The van der Waals surface area contributed by atoms with Gasteiger partial charge < -0.3 is 19.9 Å². The van der Waals surface area contributed by atoms with Gasteiger partial charge in [0.25, 0.3) is 5.95 Å². The topological polar surface area (TPSA) is 190 Å². The van der Waals surface area contributed by atoms with Gasteiger partial charge in [-0.2, -0.15) is 4.98 Å². The van der Waals surface area contributed by atoms with Gasteiger partial charge in [-0.15, -0.1) is 17.5 Å². The highest BCUT2D eigenvalue weighted by molar-refractivity contribution is 7.90. The smallest absolute Gasteiger partial charge is 0.424 e. The number of amides is 1. The highest BCUT2D eigenvalue weighted by Crippen LogP contribution is 2.36. The molecular formula is C44H51ClFN5O9S. The van der Waals surface area contributed by atoms with Crippen molar-refractivity contribution < 1.29 is 46.2 Å². The van der Waals surface area contributed by atoms with Crippen LogP contribution in [0.4, 0.5) is 20.8 Å². The van der Waals surface area contributed by atoms with Crippen LogP contribution in [0, 0.1) is 23.6 Å². The molecule has 0 radical (unpaired) electrons. The number of aromatic nitrogens is 3. The monoisotopic (exact) mass is 879 g/mol. The fraction of sp³-hybridized carbons (Fsp3) is 0.364. The van der Waals surface area contributed by atoms with Crippen molar-refractivity contribution in [2.45, 2.75) is 77.5 Å². The van der Waals surface area contributed by atoms with Gasteiger partial charge in [-0.1, -0.05) is 71.0 Å². The summed E-state index contributed by atoms with van der Waals surface area (Å²) in [5.41, 5.74) is 9.46. The van der Waals surface area contributed by atoms with Gasteiger partial charge in [0, 0.05) is 49.8 Å². The molecule has 0 bridgehead atoms. The molecular weight excluding hydrogens is 829 g/mol. The maximum Gasteiger partial charge on any atom is 0.424 e. The van der Waals surface area contributed by atoms with Gasteiger partial charge in [0.2, 0.25) is 6.29 Å². The number of ketones is 2. The van der Waals surface area contributed by atoms with Crippen LogP contribution in [-0.4, -0.2) is 72.3 Å². The van der Waals surface area contributed by atoms with E-state index < -0.39 is 46.1 Å². The van der Waals surface area contributed by atoms with Crippen LogP contribution in [0.5, 0.6) is 5.75 Å². The SMILES string of the molecule is COc1cc(S(C)(=O)=O)ccc1N(C(=O)OC(C)OC(=O)[C@@H](CC(=O)[C@@H](N)C(C)C)C(C)C)c1nc2ccc(-c3ccc(CC(=O)[C@H](C)c4ccc(F)cc4)cc3)cn2n1.Cl. The van der Waals surface area contributed by atoms with Crippen LogP contribution in [0.3, 0.4) is 0 Å². The van der Waals surface area contributed by atoms with E-state index in [1.807, 2.05) is 38.1 Å². The maximum atomic E-state index is 14.1. The molecule has 0 aliphatic heterocycles. The normalized spacial score (nSPS) is 13.5. The Labute approximate surface area is 360 Å². The molecule has 2 N–H and O–H groups in total. The van der Waals surface area contributed by atoms with Gasteiger partial charge in [-0.25, -0.2) is 27.0 Å². The molecule has 5 aromatic rings. The number of rotatable bonds is 17. The zero-order valence-corrected chi connectivity index (χ0v) is 36.8. The van der Waals surface area contributed by atoms with Gasteiger partial charge in [-0.05, 0) is 64.9 Å². The molecule has 0 aliphatic rings. The fourth-order valence-corrected chi connectivity index (χ4v) is 7.03. The summed E-state index contributed by atoms with van der Waals surface area (Å²) in [5, 5.41) is 4.57. The van der Waals surface area contributed by atoms with Gasteiger partial charge in [0.15, 0.2) is 21.3 Å². The van der Waals surface area contributed by atoms with Crippen molar-refractivity contribution in [3.8, 4) is 16.9 Å². The Morgan fingerprint density at radius 2 is 1.48 bits per heavy atom. The summed E-state index contributed by atoms with van der Waals surface area (Å²) < 4.78 is 56.3. The molecule has 61 heavy (non-hydrogen) atoms. The summed E-state index contributed by atoms with van der Waals surface area (Å²) in [6, 6.07) is 19.9. The van der Waals surface area contributed by atoms with Gasteiger partial charge in [-0.3, -0.25) is 14.4 Å². The predicted molar refractivity (Wildman–Crippen MR) is 230 cm³/mol. The number of hydrogen-bond acceptors (Lipinski definition) is 12. The lowest BCUT2D eigenvalue weighted by Gasteiger charge is -2.25. The molecule has 2 heterocycles. The molecule has 5 rings (SSSR count). The van der Waals surface area contributed by atoms with E-state index in [4.69, 9.17) is 19.9 Å². The number of carbonyl (C=O) groups excluding carboxylic acids is 4. The molecule has 3 aromatic carbocycles. The first-order valence-corrected chi connectivity index (χ1v) is 21.3. The van der Waals surface area contributed by atoms with Gasteiger partial charge in [0.1, 0.15) is 17.3 Å². The number of pyridine rings is 1. The number of methoxy groups -OCH3 is 1. The predicted octanol–water partition coefficient (Wildman–Crippen LogP) is 7.66. The lowest BCUT2D eigenvalue weighted by atomic mass is 9.87. The number of esters is 1. The molecule has 1 unspecified atom stereocenters. The number of nitrogens with zero attached hydrogens (tertiary/aromatic N) is 4. The van der Waals surface area contributed by atoms with E-state index in [-0.39, 0.29) is 76.7 Å². The third-order valence-electron chi connectivity index (χ3n) is 10.2. The number of Topliss-reactive ketones (excluding diaryl/α,β-unsaturated/α-hetero) is 2. The average Bonchev–Trinajstić information content (AvgIpc) is 3.62. The second-order valence-electron chi connectivity index (χ2n) is 15.4. The summed E-state index contributed by atoms with van der Waals surface area (Å²) in [6.07, 6.45) is 0.226. The molecule has 14 nitrogen and oxygen atoms in total. The van der Waals surface area contributed by atoms with Crippen LogP contribution in [0.2, 0.25) is 0 Å². The lowest BCUT2D eigenvalue weighted by Crippen LogP contribution is -2.39. The first kappa shape index (κ1) is 48.0. The number of nitrogens with two attached hydrogens (primary N) is 1. The second kappa shape index (κ2) is 20.2. The zero-order chi connectivity index (χ0) is 44.1. The van der Waals surface area contributed by atoms with Crippen LogP contribution < -0.4 is 15.4 Å². The fourth-order valence-electron chi connectivity index (χ4n) is 6.39. The van der Waals surface area contributed by atoms with E-state index in [1.54, 1.807) is 51.2 Å². The van der Waals surface area contributed by atoms with Crippen molar-refractivity contribution in [1.82, 2.24) is 14.6 Å². The molecule has 0 aliphatic carbocycles. The van der Waals surface area contributed by atoms with Crippen molar-refractivity contribution in [2.75, 3.05) is 18.3 Å². The standard InChI is InChI=1S/C44H50FN5O9S.ClH/c1-25(2)35(23-38(52)41(46)26(3)4)42(53)58-28(6)59-44(54)50(36-19-18-34(60(8,55)56)22-39(36)57-7)43-47-40-20-15-32(24-49(40)48-43)31-11-9-29(10-12-31)21-37(51)27(5)30-13-16-33(45)17-14-30;/h9-20,22,24-28,35,41H,21,23,46H2,1-8H3;1H/t27-,28?,35+,41+;/m1./s1. The number of hydrogen-bond donors (Lipinski definition) is 1. The minimum absolute atomic E-state index is 0. The number of anilines is 2. The minimum Gasteiger partial charge on any atom is -0.495 e. The van der Waals surface area contributed by atoms with Crippen LogP contribution in [0.25, 0.3) is 16.8 Å². The Kier molecular flexibility index (Phi) is 15.9. The first-order chi connectivity index (χ1) is 28.3. The molecule has 1 amide bonds. The van der Waals surface area contributed by atoms with Crippen molar-refractivity contribution in [2.24, 2.45) is 23.5 Å². The summed E-state index contributed by atoms with van der Waals surface area (Å²) in [7, 11) is -2.37. The van der Waals surface area contributed by atoms with E-state index in [2.05, 4.69) is 10.1 Å². The largest absolute Gasteiger partial charge is 0.495 e. The molecule has 2 aromatic heterocycles. The number of sulfone groups is 1.